The molecule has 2 N–H and O–H groups in total. The van der Waals surface area contributed by atoms with E-state index in [1.165, 1.54) is 12.3 Å². The molecule has 2 rings (SSSR count). The van der Waals surface area contributed by atoms with Gasteiger partial charge in [0.1, 0.15) is 5.82 Å². The molecule has 0 amide bonds. The van der Waals surface area contributed by atoms with Crippen LogP contribution in [0.15, 0.2) is 56.8 Å². The highest BCUT2D eigenvalue weighted by atomic mass is 79.9. The van der Waals surface area contributed by atoms with Crippen molar-refractivity contribution < 1.29 is 12.8 Å². The highest BCUT2D eigenvalue weighted by Gasteiger charge is 2.07. The van der Waals surface area contributed by atoms with E-state index in [0.29, 0.717) is 35.9 Å². The Bertz CT molecular complexity index is 884. The van der Waals surface area contributed by atoms with Crippen molar-refractivity contribution in [3.8, 4) is 0 Å². The van der Waals surface area contributed by atoms with Gasteiger partial charge >= 0.3 is 0 Å². The third-order valence-corrected chi connectivity index (χ3v) is 5.36. The van der Waals surface area contributed by atoms with Gasteiger partial charge in [-0.3, -0.25) is 4.99 Å². The van der Waals surface area contributed by atoms with Crippen LogP contribution in [0.1, 0.15) is 11.1 Å². The summed E-state index contributed by atoms with van der Waals surface area (Å²) in [4.78, 5) is 4.42. The Kier molecular flexibility index (Phi) is 7.16. The fourth-order valence-electron chi connectivity index (χ4n) is 2.31. The Morgan fingerprint density at radius 1 is 1.15 bits per heavy atom. The highest BCUT2D eigenvalue weighted by Crippen LogP contribution is 2.15. The molecule has 2 aromatic carbocycles. The first kappa shape index (κ1) is 20.4. The molecule has 26 heavy (non-hydrogen) atoms. The summed E-state index contributed by atoms with van der Waals surface area (Å²) in [5.74, 6) is 0.291. The maximum atomic E-state index is 13.7. The summed E-state index contributed by atoms with van der Waals surface area (Å²) in [6.45, 7) is 0.923. The molecular weight excluding hydrogens is 421 g/mol. The zero-order chi connectivity index (χ0) is 19.2. The normalized spacial score (nSPS) is 12.1. The second-order valence-electron chi connectivity index (χ2n) is 5.75. The lowest BCUT2D eigenvalue weighted by Gasteiger charge is -2.12. The van der Waals surface area contributed by atoms with Gasteiger partial charge in [-0.05, 0) is 42.3 Å². The number of halogens is 2. The smallest absolute Gasteiger partial charge is 0.191 e. The van der Waals surface area contributed by atoms with Crippen molar-refractivity contribution >= 4 is 31.7 Å². The van der Waals surface area contributed by atoms with Crippen molar-refractivity contribution in [3.05, 3.63) is 63.9 Å². The first-order chi connectivity index (χ1) is 12.3. The largest absolute Gasteiger partial charge is 0.356 e. The fraction of sp³-hybridized carbons (Fsp3) is 0.278. The predicted octanol–water partition coefficient (Wildman–Crippen LogP) is 2.90. The van der Waals surface area contributed by atoms with Crippen molar-refractivity contribution in [2.45, 2.75) is 17.9 Å². The molecule has 0 fully saturated rings. The third-order valence-electron chi connectivity index (χ3n) is 3.74. The number of rotatable bonds is 6. The number of hydrogen-bond donors (Lipinski definition) is 2. The lowest BCUT2D eigenvalue weighted by Crippen LogP contribution is -2.38. The van der Waals surface area contributed by atoms with E-state index < -0.39 is 9.84 Å². The number of sulfone groups is 1. The average molecular weight is 442 g/mol. The molecule has 0 heterocycles. The van der Waals surface area contributed by atoms with Crippen LogP contribution in [-0.4, -0.2) is 34.2 Å². The number of guanidine groups is 1. The molecule has 0 saturated carbocycles. The van der Waals surface area contributed by atoms with E-state index in [9.17, 15) is 12.8 Å². The average Bonchev–Trinajstić information content (AvgIpc) is 2.60. The van der Waals surface area contributed by atoms with Crippen molar-refractivity contribution in [2.75, 3.05) is 19.8 Å². The van der Waals surface area contributed by atoms with Crippen LogP contribution in [0.25, 0.3) is 0 Å². The Balaban J connectivity index is 1.84. The summed E-state index contributed by atoms with van der Waals surface area (Å²) in [5, 5.41) is 6.22. The lowest BCUT2D eigenvalue weighted by atomic mass is 10.1. The molecule has 5 nitrogen and oxygen atoms in total. The standard InChI is InChI=1S/C18H21BrFN3O2S/c1-21-18(23-12-14-11-15(19)5-8-17(14)20)22-10-9-13-3-6-16(7-4-13)26(2,24)25/h3-8,11H,9-10,12H2,1-2H3,(H2,21,22,23). The second-order valence-corrected chi connectivity index (χ2v) is 8.69. The predicted molar refractivity (Wildman–Crippen MR) is 106 cm³/mol. The summed E-state index contributed by atoms with van der Waals surface area (Å²) >= 11 is 3.33. The van der Waals surface area contributed by atoms with Crippen molar-refractivity contribution in [3.63, 3.8) is 0 Å². The molecule has 0 bridgehead atoms. The Morgan fingerprint density at radius 2 is 1.85 bits per heavy atom. The maximum Gasteiger partial charge on any atom is 0.191 e. The van der Waals surface area contributed by atoms with Gasteiger partial charge in [-0.15, -0.1) is 0 Å². The van der Waals surface area contributed by atoms with E-state index in [4.69, 9.17) is 0 Å². The number of nitrogens with zero attached hydrogens (tertiary/aromatic N) is 1. The van der Waals surface area contributed by atoms with Crippen LogP contribution in [-0.2, 0) is 22.8 Å². The number of benzene rings is 2. The van der Waals surface area contributed by atoms with Gasteiger partial charge in [-0.1, -0.05) is 28.1 Å². The SMILES string of the molecule is CN=C(NCCc1ccc(S(C)(=O)=O)cc1)NCc1cc(Br)ccc1F. The topological polar surface area (TPSA) is 70.6 Å². The van der Waals surface area contributed by atoms with E-state index in [-0.39, 0.29) is 5.82 Å². The first-order valence-electron chi connectivity index (χ1n) is 7.97. The molecule has 140 valence electrons. The fourth-order valence-corrected chi connectivity index (χ4v) is 3.35. The molecule has 0 aromatic heterocycles. The van der Waals surface area contributed by atoms with E-state index in [2.05, 4.69) is 31.6 Å². The zero-order valence-electron chi connectivity index (χ0n) is 14.6. The first-order valence-corrected chi connectivity index (χ1v) is 10.7. The van der Waals surface area contributed by atoms with Crippen molar-refractivity contribution in [1.82, 2.24) is 10.6 Å². The third kappa shape index (κ3) is 6.10. The van der Waals surface area contributed by atoms with E-state index in [1.807, 2.05) is 0 Å². The summed E-state index contributed by atoms with van der Waals surface area (Å²) in [6.07, 6.45) is 1.89. The number of hydrogen-bond acceptors (Lipinski definition) is 3. The van der Waals surface area contributed by atoms with Gasteiger partial charge in [0.05, 0.1) is 4.90 Å². The second kappa shape index (κ2) is 9.14. The Labute approximate surface area is 161 Å². The van der Waals surface area contributed by atoms with E-state index in [0.717, 1.165) is 10.0 Å². The van der Waals surface area contributed by atoms with Crippen LogP contribution in [0, 0.1) is 5.82 Å². The molecular formula is C18H21BrFN3O2S. The van der Waals surface area contributed by atoms with Gasteiger partial charge in [0, 0.05) is 36.4 Å². The molecule has 0 atom stereocenters. The number of nitrogens with one attached hydrogen (secondary N) is 2. The quantitative estimate of drug-likeness (QED) is 0.533. The summed E-state index contributed by atoms with van der Waals surface area (Å²) in [6, 6.07) is 11.6. The molecule has 0 radical (unpaired) electrons. The van der Waals surface area contributed by atoms with Gasteiger partial charge in [0.25, 0.3) is 0 Å². The van der Waals surface area contributed by atoms with Crippen LogP contribution in [0.5, 0.6) is 0 Å². The summed E-state index contributed by atoms with van der Waals surface area (Å²) in [7, 11) is -1.53. The van der Waals surface area contributed by atoms with Crippen LogP contribution in [0.4, 0.5) is 4.39 Å². The van der Waals surface area contributed by atoms with Crippen LogP contribution >= 0.6 is 15.9 Å². The lowest BCUT2D eigenvalue weighted by molar-refractivity contribution is 0.601. The zero-order valence-corrected chi connectivity index (χ0v) is 17.0. The minimum absolute atomic E-state index is 0.276. The minimum Gasteiger partial charge on any atom is -0.356 e. The molecule has 2 aromatic rings. The van der Waals surface area contributed by atoms with E-state index in [1.54, 1.807) is 43.4 Å². The van der Waals surface area contributed by atoms with Gasteiger partial charge in [0.15, 0.2) is 15.8 Å². The minimum atomic E-state index is -3.18. The molecule has 0 spiro atoms. The van der Waals surface area contributed by atoms with E-state index >= 15 is 0 Å². The molecule has 0 saturated heterocycles. The maximum absolute atomic E-state index is 13.7. The Morgan fingerprint density at radius 3 is 2.46 bits per heavy atom. The van der Waals surface area contributed by atoms with Crippen LogP contribution in [0.2, 0.25) is 0 Å². The monoisotopic (exact) mass is 441 g/mol. The van der Waals surface area contributed by atoms with Crippen LogP contribution < -0.4 is 10.6 Å². The van der Waals surface area contributed by atoms with Gasteiger partial charge in [-0.2, -0.15) is 0 Å². The summed E-state index contributed by atoms with van der Waals surface area (Å²) < 4.78 is 37.5. The van der Waals surface area contributed by atoms with Gasteiger partial charge < -0.3 is 10.6 Å². The van der Waals surface area contributed by atoms with Gasteiger partial charge in [0.2, 0.25) is 0 Å². The van der Waals surface area contributed by atoms with Crippen LogP contribution in [0.3, 0.4) is 0 Å². The van der Waals surface area contributed by atoms with Crippen molar-refractivity contribution in [1.29, 1.82) is 0 Å². The number of aliphatic imine (C=N–C) groups is 1. The van der Waals surface area contributed by atoms with Gasteiger partial charge in [-0.25, -0.2) is 12.8 Å². The summed E-state index contributed by atoms with van der Waals surface area (Å²) in [5.41, 5.74) is 1.55. The molecule has 0 aliphatic carbocycles. The molecule has 0 aliphatic heterocycles. The van der Waals surface area contributed by atoms with Crippen molar-refractivity contribution in [2.24, 2.45) is 4.99 Å². The Hall–Kier alpha value is -1.93. The highest BCUT2D eigenvalue weighted by molar-refractivity contribution is 9.10. The molecule has 0 unspecified atom stereocenters. The molecule has 8 heteroatoms. The molecule has 0 aliphatic rings.